The number of carbonyl (C=O) groups is 2. The number of esters is 1. The topological polar surface area (TPSA) is 55.4 Å². The number of anilines is 1. The molecule has 0 radical (unpaired) electrons. The molecule has 0 bridgehead atoms. The van der Waals surface area contributed by atoms with Gasteiger partial charge in [-0.2, -0.15) is 0 Å². The molecule has 0 heterocycles. The van der Waals surface area contributed by atoms with Gasteiger partial charge in [0, 0.05) is 15.8 Å². The first-order valence-electron chi connectivity index (χ1n) is 8.77. The van der Waals surface area contributed by atoms with Crippen molar-refractivity contribution in [3.8, 4) is 0 Å². The quantitative estimate of drug-likeness (QED) is 0.392. The molecular formula is C19H27BrFNO3S. The Morgan fingerprint density at radius 1 is 1.27 bits per heavy atom. The van der Waals surface area contributed by atoms with Gasteiger partial charge in [-0.25, -0.2) is 4.39 Å². The highest BCUT2D eigenvalue weighted by Gasteiger charge is 2.27. The van der Waals surface area contributed by atoms with Crippen molar-refractivity contribution in [3.63, 3.8) is 0 Å². The number of hydrogen-bond acceptors (Lipinski definition) is 4. The normalized spacial score (nSPS) is 12.3. The molecule has 1 unspecified atom stereocenters. The average molecular weight is 448 g/mol. The van der Waals surface area contributed by atoms with E-state index in [0.29, 0.717) is 28.8 Å². The molecule has 4 nitrogen and oxygen atoms in total. The fourth-order valence-electron chi connectivity index (χ4n) is 2.08. The van der Waals surface area contributed by atoms with Gasteiger partial charge >= 0.3 is 5.97 Å². The summed E-state index contributed by atoms with van der Waals surface area (Å²) in [5.74, 6) is -0.744. The Hall–Kier alpha value is -1.08. The van der Waals surface area contributed by atoms with Crippen molar-refractivity contribution >= 4 is 45.3 Å². The standard InChI is InChI=1S/C19H27BrFNO3S/c1-6-7-17(23)22-15-9-16(13(20)8-14(15)21)26-18(12(4)5)19(24)25-10-11(2)3/h8-9,11-12,18H,6-7,10H2,1-5H3,(H,22,23). The van der Waals surface area contributed by atoms with Gasteiger partial charge in [0.15, 0.2) is 0 Å². The number of ether oxygens (including phenoxy) is 1. The lowest BCUT2D eigenvalue weighted by Gasteiger charge is -2.21. The largest absolute Gasteiger partial charge is 0.465 e. The summed E-state index contributed by atoms with van der Waals surface area (Å²) in [6.07, 6.45) is 1.01. The Morgan fingerprint density at radius 3 is 2.46 bits per heavy atom. The molecule has 1 aromatic rings. The lowest BCUT2D eigenvalue weighted by atomic mass is 10.1. The molecule has 0 saturated heterocycles. The van der Waals surface area contributed by atoms with E-state index in [4.69, 9.17) is 4.74 Å². The molecule has 1 aromatic carbocycles. The van der Waals surface area contributed by atoms with E-state index < -0.39 is 11.1 Å². The zero-order valence-electron chi connectivity index (χ0n) is 15.9. The van der Waals surface area contributed by atoms with Gasteiger partial charge in [0.25, 0.3) is 0 Å². The number of amides is 1. The highest BCUT2D eigenvalue weighted by molar-refractivity contribution is 9.10. The van der Waals surface area contributed by atoms with Crippen LogP contribution in [-0.2, 0) is 14.3 Å². The number of rotatable bonds is 9. The molecule has 0 saturated carbocycles. The SMILES string of the molecule is CCCC(=O)Nc1cc(SC(C(=O)OCC(C)C)C(C)C)c(Br)cc1F. The second kappa shape index (κ2) is 10.9. The molecule has 0 aliphatic heterocycles. The minimum absolute atomic E-state index is 0.0368. The maximum absolute atomic E-state index is 14.1. The summed E-state index contributed by atoms with van der Waals surface area (Å²) < 4.78 is 20.1. The zero-order chi connectivity index (χ0) is 19.9. The fraction of sp³-hybridized carbons (Fsp3) is 0.579. The molecule has 26 heavy (non-hydrogen) atoms. The predicted molar refractivity (Wildman–Crippen MR) is 108 cm³/mol. The van der Waals surface area contributed by atoms with Crippen molar-refractivity contribution < 1.29 is 18.7 Å². The maximum atomic E-state index is 14.1. The minimum atomic E-state index is -0.519. The van der Waals surface area contributed by atoms with Crippen molar-refractivity contribution in [2.24, 2.45) is 11.8 Å². The van der Waals surface area contributed by atoms with Crippen LogP contribution in [0, 0.1) is 17.7 Å². The fourth-order valence-corrected chi connectivity index (χ4v) is 3.74. The van der Waals surface area contributed by atoms with Crippen LogP contribution in [0.2, 0.25) is 0 Å². The molecule has 1 atom stereocenters. The summed E-state index contributed by atoms with van der Waals surface area (Å²) in [6, 6.07) is 2.86. The van der Waals surface area contributed by atoms with Gasteiger partial charge in [-0.3, -0.25) is 9.59 Å². The van der Waals surface area contributed by atoms with Crippen molar-refractivity contribution in [1.29, 1.82) is 0 Å². The van der Waals surface area contributed by atoms with Crippen LogP contribution in [0.15, 0.2) is 21.5 Å². The van der Waals surface area contributed by atoms with Crippen LogP contribution in [0.3, 0.4) is 0 Å². The Kier molecular flexibility index (Phi) is 9.64. The number of hydrogen-bond donors (Lipinski definition) is 1. The zero-order valence-corrected chi connectivity index (χ0v) is 18.3. The van der Waals surface area contributed by atoms with E-state index in [9.17, 15) is 14.0 Å². The molecule has 146 valence electrons. The van der Waals surface area contributed by atoms with Gasteiger partial charge in [0.1, 0.15) is 11.1 Å². The van der Waals surface area contributed by atoms with Crippen LogP contribution in [0.4, 0.5) is 10.1 Å². The lowest BCUT2D eigenvalue weighted by Crippen LogP contribution is -2.27. The summed E-state index contributed by atoms with van der Waals surface area (Å²) in [7, 11) is 0. The van der Waals surface area contributed by atoms with Crippen molar-refractivity contribution in [2.75, 3.05) is 11.9 Å². The number of halogens is 2. The first-order chi connectivity index (χ1) is 12.1. The van der Waals surface area contributed by atoms with E-state index in [1.807, 2.05) is 34.6 Å². The van der Waals surface area contributed by atoms with Crippen LogP contribution in [0.5, 0.6) is 0 Å². The van der Waals surface area contributed by atoms with E-state index in [-0.39, 0.29) is 29.4 Å². The Morgan fingerprint density at radius 2 is 1.92 bits per heavy atom. The van der Waals surface area contributed by atoms with Gasteiger partial charge in [-0.05, 0) is 46.3 Å². The minimum Gasteiger partial charge on any atom is -0.465 e. The molecule has 0 spiro atoms. The predicted octanol–water partition coefficient (Wildman–Crippen LogP) is 5.64. The van der Waals surface area contributed by atoms with Crippen LogP contribution >= 0.6 is 27.7 Å². The molecule has 7 heteroatoms. The number of thioether (sulfide) groups is 1. The molecule has 1 rings (SSSR count). The second-order valence-corrected chi connectivity index (χ2v) is 8.90. The first-order valence-corrected chi connectivity index (χ1v) is 10.4. The summed E-state index contributed by atoms with van der Waals surface area (Å²) >= 11 is 4.65. The van der Waals surface area contributed by atoms with Crippen molar-refractivity contribution in [2.45, 2.75) is 57.6 Å². The van der Waals surface area contributed by atoms with Gasteiger partial charge in [-0.1, -0.05) is 34.6 Å². The second-order valence-electron chi connectivity index (χ2n) is 6.87. The summed E-state index contributed by atoms with van der Waals surface area (Å²) in [4.78, 5) is 24.9. The van der Waals surface area contributed by atoms with E-state index in [2.05, 4.69) is 21.2 Å². The molecule has 1 amide bonds. The lowest BCUT2D eigenvalue weighted by molar-refractivity contribution is -0.144. The Bertz CT molecular complexity index is 637. The Labute approximate surface area is 167 Å². The van der Waals surface area contributed by atoms with Crippen LogP contribution < -0.4 is 5.32 Å². The molecular weight excluding hydrogens is 421 g/mol. The van der Waals surface area contributed by atoms with Crippen molar-refractivity contribution in [3.05, 3.63) is 22.4 Å². The van der Waals surface area contributed by atoms with E-state index in [1.165, 1.54) is 17.8 Å². The van der Waals surface area contributed by atoms with Gasteiger partial charge in [-0.15, -0.1) is 11.8 Å². The van der Waals surface area contributed by atoms with E-state index in [0.717, 1.165) is 0 Å². The molecule has 0 aliphatic carbocycles. The highest BCUT2D eigenvalue weighted by atomic mass is 79.9. The Balaban J connectivity index is 3.00. The summed E-state index contributed by atoms with van der Waals surface area (Å²) in [5.41, 5.74) is 0.118. The molecule has 1 N–H and O–H groups in total. The maximum Gasteiger partial charge on any atom is 0.319 e. The van der Waals surface area contributed by atoms with Gasteiger partial charge in [0.2, 0.25) is 5.91 Å². The molecule has 0 fully saturated rings. The third-order valence-electron chi connectivity index (χ3n) is 3.42. The van der Waals surface area contributed by atoms with Crippen LogP contribution in [-0.4, -0.2) is 23.7 Å². The first kappa shape index (κ1) is 23.0. The number of benzene rings is 1. The summed E-state index contributed by atoms with van der Waals surface area (Å²) in [6.45, 7) is 10.1. The third kappa shape index (κ3) is 7.27. The highest BCUT2D eigenvalue weighted by Crippen LogP contribution is 2.37. The van der Waals surface area contributed by atoms with Crippen LogP contribution in [0.25, 0.3) is 0 Å². The smallest absolute Gasteiger partial charge is 0.319 e. The molecule has 0 aromatic heterocycles. The number of nitrogens with one attached hydrogen (secondary N) is 1. The summed E-state index contributed by atoms with van der Waals surface area (Å²) in [5, 5.41) is 2.16. The van der Waals surface area contributed by atoms with E-state index in [1.54, 1.807) is 6.07 Å². The average Bonchev–Trinajstić information content (AvgIpc) is 2.53. The number of carbonyl (C=O) groups excluding carboxylic acids is 2. The monoisotopic (exact) mass is 447 g/mol. The van der Waals surface area contributed by atoms with Crippen LogP contribution in [0.1, 0.15) is 47.5 Å². The van der Waals surface area contributed by atoms with Crippen molar-refractivity contribution in [1.82, 2.24) is 0 Å². The van der Waals surface area contributed by atoms with Gasteiger partial charge in [0.05, 0.1) is 12.3 Å². The molecule has 0 aliphatic rings. The third-order valence-corrected chi connectivity index (χ3v) is 5.92. The van der Waals surface area contributed by atoms with E-state index >= 15 is 0 Å². The van der Waals surface area contributed by atoms with Gasteiger partial charge < -0.3 is 10.1 Å².